The van der Waals surface area contributed by atoms with Gasteiger partial charge in [-0.15, -0.1) is 0 Å². The number of nitrogens with zero attached hydrogens (tertiary/aromatic N) is 1. The maximum absolute atomic E-state index is 8.94. The quantitative estimate of drug-likeness (QED) is 0.673. The highest BCUT2D eigenvalue weighted by Gasteiger charge is 2.09. The van der Waals surface area contributed by atoms with Gasteiger partial charge in [0.1, 0.15) is 0 Å². The van der Waals surface area contributed by atoms with E-state index in [9.17, 15) is 0 Å². The normalized spacial score (nSPS) is 10.1. The first-order valence-electron chi connectivity index (χ1n) is 4.72. The average Bonchev–Trinajstić information content (AvgIpc) is 2.16. The van der Waals surface area contributed by atoms with Crippen molar-refractivity contribution in [2.75, 3.05) is 0 Å². The molecule has 0 aliphatic heterocycles. The lowest BCUT2D eigenvalue weighted by atomic mass is 9.91. The number of aryl methyl sites for hydroxylation is 1. The molecule has 0 bridgehead atoms. The minimum atomic E-state index is 0.436. The first-order valence-corrected chi connectivity index (χ1v) is 4.72. The topological polar surface area (TPSA) is 23.8 Å². The Bertz CT molecular complexity index is 331. The molecule has 1 nitrogen and oxygen atoms in total. The van der Waals surface area contributed by atoms with Gasteiger partial charge in [0, 0.05) is 0 Å². The van der Waals surface area contributed by atoms with E-state index < -0.39 is 0 Å². The SMILES string of the molecule is CCc1cccc(C#N)c1C(C)C. The summed E-state index contributed by atoms with van der Waals surface area (Å²) in [4.78, 5) is 0. The summed E-state index contributed by atoms with van der Waals surface area (Å²) in [6.45, 7) is 6.40. The van der Waals surface area contributed by atoms with Gasteiger partial charge in [0.15, 0.2) is 0 Å². The highest BCUT2D eigenvalue weighted by atomic mass is 14.3. The molecule has 0 unspecified atom stereocenters. The predicted molar refractivity (Wildman–Crippen MR) is 54.6 cm³/mol. The lowest BCUT2D eigenvalue weighted by Crippen LogP contribution is -1.98. The summed E-state index contributed by atoms with van der Waals surface area (Å²) in [6.07, 6.45) is 1.00. The van der Waals surface area contributed by atoms with Crippen LogP contribution >= 0.6 is 0 Å². The largest absolute Gasteiger partial charge is 0.192 e. The maximum Gasteiger partial charge on any atom is 0.0994 e. The molecule has 0 amide bonds. The standard InChI is InChI=1S/C12H15N/c1-4-10-6-5-7-11(8-13)12(10)9(2)3/h5-7,9H,4H2,1-3H3. The Labute approximate surface area is 80.0 Å². The van der Waals surface area contributed by atoms with Gasteiger partial charge in [0.25, 0.3) is 0 Å². The van der Waals surface area contributed by atoms with E-state index in [1.807, 2.05) is 12.1 Å². The first-order chi connectivity index (χ1) is 6.20. The molecule has 0 aromatic heterocycles. The zero-order chi connectivity index (χ0) is 9.84. The second-order valence-corrected chi connectivity index (χ2v) is 3.50. The van der Waals surface area contributed by atoms with E-state index in [2.05, 4.69) is 32.9 Å². The van der Waals surface area contributed by atoms with Crippen LogP contribution in [0.15, 0.2) is 18.2 Å². The van der Waals surface area contributed by atoms with Gasteiger partial charge in [-0.3, -0.25) is 0 Å². The van der Waals surface area contributed by atoms with Gasteiger partial charge in [0.2, 0.25) is 0 Å². The van der Waals surface area contributed by atoms with Crippen LogP contribution in [0, 0.1) is 11.3 Å². The molecule has 68 valence electrons. The molecule has 0 spiro atoms. The molecule has 1 aromatic carbocycles. The minimum absolute atomic E-state index is 0.436. The molecular weight excluding hydrogens is 158 g/mol. The van der Waals surface area contributed by atoms with Crippen molar-refractivity contribution in [3.63, 3.8) is 0 Å². The highest BCUT2D eigenvalue weighted by molar-refractivity contribution is 5.44. The Balaban J connectivity index is 3.32. The van der Waals surface area contributed by atoms with Crippen LogP contribution in [0.4, 0.5) is 0 Å². The van der Waals surface area contributed by atoms with Crippen molar-refractivity contribution in [2.24, 2.45) is 0 Å². The summed E-state index contributed by atoms with van der Waals surface area (Å²) in [5.74, 6) is 0.436. The molecule has 0 N–H and O–H groups in total. The average molecular weight is 173 g/mol. The Hall–Kier alpha value is -1.29. The molecular formula is C12H15N. The minimum Gasteiger partial charge on any atom is -0.192 e. The van der Waals surface area contributed by atoms with Crippen LogP contribution in [0.1, 0.15) is 43.4 Å². The molecule has 0 fully saturated rings. The molecule has 0 saturated heterocycles. The smallest absolute Gasteiger partial charge is 0.0994 e. The van der Waals surface area contributed by atoms with Crippen LogP contribution in [-0.2, 0) is 6.42 Å². The van der Waals surface area contributed by atoms with E-state index in [1.54, 1.807) is 0 Å². The molecule has 0 aliphatic rings. The Morgan fingerprint density at radius 1 is 1.38 bits per heavy atom. The fraction of sp³-hybridized carbons (Fsp3) is 0.417. The molecule has 0 saturated carbocycles. The third-order valence-electron chi connectivity index (χ3n) is 2.28. The van der Waals surface area contributed by atoms with Crippen LogP contribution < -0.4 is 0 Å². The second kappa shape index (κ2) is 4.09. The Morgan fingerprint density at radius 2 is 2.08 bits per heavy atom. The van der Waals surface area contributed by atoms with E-state index >= 15 is 0 Å². The number of hydrogen-bond donors (Lipinski definition) is 0. The molecule has 1 aromatic rings. The highest BCUT2D eigenvalue weighted by Crippen LogP contribution is 2.23. The summed E-state index contributed by atoms with van der Waals surface area (Å²) in [6, 6.07) is 8.22. The van der Waals surface area contributed by atoms with Crippen molar-refractivity contribution in [1.29, 1.82) is 5.26 Å². The summed E-state index contributed by atoms with van der Waals surface area (Å²) in [5, 5.41) is 8.94. The zero-order valence-corrected chi connectivity index (χ0v) is 8.46. The van der Waals surface area contributed by atoms with Gasteiger partial charge in [-0.05, 0) is 29.5 Å². The van der Waals surface area contributed by atoms with Crippen molar-refractivity contribution in [3.05, 3.63) is 34.9 Å². The number of rotatable bonds is 2. The van der Waals surface area contributed by atoms with Gasteiger partial charge in [0.05, 0.1) is 11.6 Å². The van der Waals surface area contributed by atoms with Crippen LogP contribution in [0.25, 0.3) is 0 Å². The predicted octanol–water partition coefficient (Wildman–Crippen LogP) is 3.24. The third kappa shape index (κ3) is 1.89. The second-order valence-electron chi connectivity index (χ2n) is 3.50. The fourth-order valence-electron chi connectivity index (χ4n) is 1.70. The lowest BCUT2D eigenvalue weighted by Gasteiger charge is -2.12. The Kier molecular flexibility index (Phi) is 3.08. The molecule has 0 heterocycles. The lowest BCUT2D eigenvalue weighted by molar-refractivity contribution is 0.840. The third-order valence-corrected chi connectivity index (χ3v) is 2.28. The van der Waals surface area contributed by atoms with E-state index in [-0.39, 0.29) is 0 Å². The van der Waals surface area contributed by atoms with E-state index in [0.29, 0.717) is 5.92 Å². The molecule has 0 aliphatic carbocycles. The van der Waals surface area contributed by atoms with Crippen molar-refractivity contribution < 1.29 is 0 Å². The van der Waals surface area contributed by atoms with Crippen LogP contribution in [0.3, 0.4) is 0 Å². The molecule has 0 atom stereocenters. The van der Waals surface area contributed by atoms with Crippen molar-refractivity contribution in [1.82, 2.24) is 0 Å². The number of benzene rings is 1. The van der Waals surface area contributed by atoms with E-state index in [4.69, 9.17) is 5.26 Å². The maximum atomic E-state index is 8.94. The van der Waals surface area contributed by atoms with Crippen LogP contribution in [0.2, 0.25) is 0 Å². The zero-order valence-electron chi connectivity index (χ0n) is 8.46. The summed E-state index contributed by atoms with van der Waals surface area (Å²) in [7, 11) is 0. The van der Waals surface area contributed by atoms with Gasteiger partial charge in [-0.2, -0.15) is 5.26 Å². The van der Waals surface area contributed by atoms with Crippen LogP contribution in [-0.4, -0.2) is 0 Å². The van der Waals surface area contributed by atoms with Gasteiger partial charge in [-0.25, -0.2) is 0 Å². The van der Waals surface area contributed by atoms with Gasteiger partial charge < -0.3 is 0 Å². The fourth-order valence-corrected chi connectivity index (χ4v) is 1.70. The molecule has 13 heavy (non-hydrogen) atoms. The number of hydrogen-bond acceptors (Lipinski definition) is 1. The first kappa shape index (κ1) is 9.80. The molecule has 1 rings (SSSR count). The van der Waals surface area contributed by atoms with Gasteiger partial charge >= 0.3 is 0 Å². The van der Waals surface area contributed by atoms with E-state index in [1.165, 1.54) is 11.1 Å². The van der Waals surface area contributed by atoms with Crippen LogP contribution in [0.5, 0.6) is 0 Å². The monoisotopic (exact) mass is 173 g/mol. The van der Waals surface area contributed by atoms with Gasteiger partial charge in [-0.1, -0.05) is 32.9 Å². The number of nitriles is 1. The molecule has 0 radical (unpaired) electrons. The van der Waals surface area contributed by atoms with Crippen molar-refractivity contribution >= 4 is 0 Å². The Morgan fingerprint density at radius 3 is 2.54 bits per heavy atom. The summed E-state index contributed by atoms with van der Waals surface area (Å²) >= 11 is 0. The summed E-state index contributed by atoms with van der Waals surface area (Å²) < 4.78 is 0. The molecule has 1 heteroatoms. The van der Waals surface area contributed by atoms with Crippen molar-refractivity contribution in [2.45, 2.75) is 33.1 Å². The summed E-state index contributed by atoms with van der Waals surface area (Å²) in [5.41, 5.74) is 3.34. The van der Waals surface area contributed by atoms with Crippen molar-refractivity contribution in [3.8, 4) is 6.07 Å². The van der Waals surface area contributed by atoms with E-state index in [0.717, 1.165) is 12.0 Å².